The summed E-state index contributed by atoms with van der Waals surface area (Å²) in [6, 6.07) is 0. The van der Waals surface area contributed by atoms with Crippen LogP contribution in [0.5, 0.6) is 0 Å². The van der Waals surface area contributed by atoms with E-state index in [4.69, 9.17) is 23.7 Å². The standard InChI is InChI=1S/C41H72O16/c1-18(2)20(11-14-54-38-35(32(51)33(56-38)23(45)16-42)57-37-34(53-6)29(48)24(46)17-55-37)8-7-19(3)26-30(49)31(50)36-40(26,5)13-10-25-39(4)12-9-21(43)28(47)27(39)22(44)15-41(25,36)52/h18-38,42-52H,7-17H2,1-6H3/t19-,20-,21+,22-,23-,24-,25-,26+,27+,28+,29+,30-,31+,32+,33-,34-,35-,36-,37+,38-,39-,40-,41+/m1/s1. The minimum atomic E-state index is -1.47. The van der Waals surface area contributed by atoms with Gasteiger partial charge in [-0.1, -0.05) is 41.0 Å². The van der Waals surface area contributed by atoms with E-state index in [0.717, 1.165) is 6.42 Å². The lowest BCUT2D eigenvalue weighted by Crippen LogP contribution is -2.71. The molecule has 11 N–H and O–H groups in total. The molecule has 0 aromatic rings. The molecule has 16 nitrogen and oxygen atoms in total. The Balaban J connectivity index is 1.10. The molecule has 0 amide bonds. The highest BCUT2D eigenvalue weighted by Crippen LogP contribution is 2.70. The topological polar surface area (TPSA) is 269 Å². The van der Waals surface area contributed by atoms with Gasteiger partial charge < -0.3 is 79.9 Å². The minimum absolute atomic E-state index is 0.0403. The van der Waals surface area contributed by atoms with Gasteiger partial charge in [-0.15, -0.1) is 0 Å². The summed E-state index contributed by atoms with van der Waals surface area (Å²) in [5, 5.41) is 121. The van der Waals surface area contributed by atoms with Crippen molar-refractivity contribution in [1.82, 2.24) is 0 Å². The zero-order valence-corrected chi connectivity index (χ0v) is 34.4. The molecule has 0 unspecified atom stereocenters. The fourth-order valence-electron chi connectivity index (χ4n) is 13.1. The summed E-state index contributed by atoms with van der Waals surface area (Å²) in [5.41, 5.74) is -2.74. The lowest BCUT2D eigenvalue weighted by Gasteiger charge is -2.66. The predicted molar refractivity (Wildman–Crippen MR) is 201 cm³/mol. The molecule has 2 aliphatic heterocycles. The molecule has 0 aromatic heterocycles. The van der Waals surface area contributed by atoms with Crippen molar-refractivity contribution < 1.29 is 79.9 Å². The predicted octanol–water partition coefficient (Wildman–Crippen LogP) is -0.983. The molecule has 16 heteroatoms. The van der Waals surface area contributed by atoms with E-state index in [1.165, 1.54) is 7.11 Å². The minimum Gasteiger partial charge on any atom is -0.394 e. The lowest BCUT2D eigenvalue weighted by atomic mass is 9.41. The van der Waals surface area contributed by atoms with E-state index in [1.807, 2.05) is 6.92 Å². The number of rotatable bonds is 14. The van der Waals surface area contributed by atoms with Crippen molar-refractivity contribution in [2.75, 3.05) is 26.9 Å². The van der Waals surface area contributed by atoms with Crippen LogP contribution in [0.2, 0.25) is 0 Å². The Morgan fingerprint density at radius 3 is 2.09 bits per heavy atom. The molecule has 6 fully saturated rings. The van der Waals surface area contributed by atoms with Crippen molar-refractivity contribution in [3.8, 4) is 0 Å². The Morgan fingerprint density at radius 1 is 0.754 bits per heavy atom. The Bertz CT molecular complexity index is 1330. The highest BCUT2D eigenvalue weighted by molar-refractivity contribution is 5.22. The van der Waals surface area contributed by atoms with E-state index < -0.39 is 121 Å². The van der Waals surface area contributed by atoms with E-state index >= 15 is 0 Å². The molecule has 2 saturated heterocycles. The third kappa shape index (κ3) is 8.00. The highest BCUT2D eigenvalue weighted by atomic mass is 16.8. The molecule has 6 aliphatic rings. The second kappa shape index (κ2) is 17.6. The molecule has 57 heavy (non-hydrogen) atoms. The molecule has 0 radical (unpaired) electrons. The Hall–Kier alpha value is -0.640. The number of hydrogen-bond donors (Lipinski definition) is 11. The van der Waals surface area contributed by atoms with E-state index in [0.29, 0.717) is 38.5 Å². The van der Waals surface area contributed by atoms with Gasteiger partial charge in [-0.2, -0.15) is 0 Å². The number of fused-ring (bicyclic) bond motifs is 5. The summed E-state index contributed by atoms with van der Waals surface area (Å²) in [5.74, 6) is -1.59. The fourth-order valence-corrected chi connectivity index (χ4v) is 13.1. The Morgan fingerprint density at radius 2 is 1.44 bits per heavy atom. The average Bonchev–Trinajstić information content (AvgIpc) is 3.56. The van der Waals surface area contributed by atoms with Crippen molar-refractivity contribution in [3.05, 3.63) is 0 Å². The van der Waals surface area contributed by atoms with Crippen LogP contribution < -0.4 is 0 Å². The summed E-state index contributed by atoms with van der Waals surface area (Å²) in [4.78, 5) is 0. The molecule has 0 aromatic carbocycles. The largest absolute Gasteiger partial charge is 0.394 e. The van der Waals surface area contributed by atoms with Crippen LogP contribution in [-0.4, -0.2) is 175 Å². The number of ether oxygens (including phenoxy) is 5. The normalized spacial score (nSPS) is 51.6. The lowest BCUT2D eigenvalue weighted by molar-refractivity contribution is -0.307. The van der Waals surface area contributed by atoms with Crippen molar-refractivity contribution in [2.45, 2.75) is 177 Å². The number of methoxy groups -OCH3 is 1. The summed E-state index contributed by atoms with van der Waals surface area (Å²) in [6.07, 6.45) is -12.5. The van der Waals surface area contributed by atoms with Gasteiger partial charge in [-0.25, -0.2) is 0 Å². The smallest absolute Gasteiger partial charge is 0.187 e. The first-order valence-corrected chi connectivity index (χ1v) is 21.3. The van der Waals surface area contributed by atoms with E-state index in [2.05, 4.69) is 27.7 Å². The molecular weight excluding hydrogens is 748 g/mol. The maximum Gasteiger partial charge on any atom is 0.187 e. The molecule has 0 bridgehead atoms. The van der Waals surface area contributed by atoms with Crippen LogP contribution in [-0.2, 0) is 23.7 Å². The van der Waals surface area contributed by atoms with Gasteiger partial charge in [0, 0.05) is 25.4 Å². The van der Waals surface area contributed by atoms with Crippen molar-refractivity contribution in [3.63, 3.8) is 0 Å². The van der Waals surface area contributed by atoms with Gasteiger partial charge in [0.15, 0.2) is 12.6 Å². The van der Waals surface area contributed by atoms with Crippen LogP contribution in [0.15, 0.2) is 0 Å². The van der Waals surface area contributed by atoms with Crippen LogP contribution in [0.25, 0.3) is 0 Å². The van der Waals surface area contributed by atoms with Gasteiger partial charge in [-0.05, 0) is 78.9 Å². The van der Waals surface area contributed by atoms with Crippen LogP contribution in [0.4, 0.5) is 0 Å². The summed E-state index contributed by atoms with van der Waals surface area (Å²) >= 11 is 0. The van der Waals surface area contributed by atoms with Gasteiger partial charge in [0.25, 0.3) is 0 Å². The van der Waals surface area contributed by atoms with Gasteiger partial charge in [0.2, 0.25) is 0 Å². The summed E-state index contributed by atoms with van der Waals surface area (Å²) in [6.45, 7) is 9.63. The maximum atomic E-state index is 12.7. The van der Waals surface area contributed by atoms with Gasteiger partial charge in [0.05, 0.1) is 55.9 Å². The first-order chi connectivity index (χ1) is 26.8. The molecule has 6 rings (SSSR count). The number of aliphatic hydroxyl groups is 11. The second-order valence-electron chi connectivity index (χ2n) is 19.5. The molecule has 23 atom stereocenters. The average molecular weight is 821 g/mol. The van der Waals surface area contributed by atoms with E-state index in [9.17, 15) is 56.2 Å². The van der Waals surface area contributed by atoms with E-state index in [-0.39, 0.29) is 49.2 Å². The zero-order chi connectivity index (χ0) is 41.9. The maximum absolute atomic E-state index is 12.7. The van der Waals surface area contributed by atoms with Crippen molar-refractivity contribution in [1.29, 1.82) is 0 Å². The summed E-state index contributed by atoms with van der Waals surface area (Å²) < 4.78 is 28.9. The molecular formula is C41H72O16. The number of hydrogen-bond acceptors (Lipinski definition) is 16. The van der Waals surface area contributed by atoms with E-state index in [1.54, 1.807) is 0 Å². The number of aliphatic hydroxyl groups excluding tert-OH is 10. The molecule has 4 saturated carbocycles. The molecule has 0 spiro atoms. The van der Waals surface area contributed by atoms with Crippen molar-refractivity contribution >= 4 is 0 Å². The van der Waals surface area contributed by atoms with Gasteiger partial charge >= 0.3 is 0 Å². The summed E-state index contributed by atoms with van der Waals surface area (Å²) in [7, 11) is 1.32. The van der Waals surface area contributed by atoms with Crippen LogP contribution in [0, 0.1) is 52.3 Å². The third-order valence-corrected chi connectivity index (χ3v) is 16.0. The van der Waals surface area contributed by atoms with Gasteiger partial charge in [0.1, 0.15) is 42.7 Å². The SMILES string of the molecule is CO[C@H]1[C@H](O[C@H]2[C@H](OCC[C@@H](CC[C@@H](C)[C@H]3[C@@H](O)[C@H](O)[C@@H]4[C@]3(C)CC[C@@H]3[C@@]5(C)CC[C@H](O)[C@H](O)[C@@H]5[C@H](O)C[C@]34O)C(C)C)O[C@H]([C@H](O)CO)[C@@H]2O)OC[C@@H](O)[C@@H]1O. The molecule has 4 aliphatic carbocycles. The second-order valence-corrected chi connectivity index (χ2v) is 19.5. The fraction of sp³-hybridized carbons (Fsp3) is 1.00. The van der Waals surface area contributed by atoms with Crippen molar-refractivity contribution in [2.24, 2.45) is 52.3 Å². The zero-order valence-electron chi connectivity index (χ0n) is 34.4. The van der Waals surface area contributed by atoms with Crippen LogP contribution in [0.3, 0.4) is 0 Å². The molecule has 2 heterocycles. The first-order valence-electron chi connectivity index (χ1n) is 21.3. The Labute approximate surface area is 336 Å². The highest BCUT2D eigenvalue weighted by Gasteiger charge is 2.73. The monoisotopic (exact) mass is 820 g/mol. The quantitative estimate of drug-likeness (QED) is 0.101. The van der Waals surface area contributed by atoms with Crippen LogP contribution in [0.1, 0.15) is 86.0 Å². The molecule has 332 valence electrons. The van der Waals surface area contributed by atoms with Gasteiger partial charge in [-0.3, -0.25) is 0 Å². The first kappa shape index (κ1) is 45.9. The third-order valence-electron chi connectivity index (χ3n) is 16.0. The Kier molecular flexibility index (Phi) is 14.2. The van der Waals surface area contributed by atoms with Crippen LogP contribution >= 0.6 is 0 Å².